The van der Waals surface area contributed by atoms with E-state index in [4.69, 9.17) is 4.74 Å². The monoisotopic (exact) mass is 272 g/mol. The fourth-order valence-electron chi connectivity index (χ4n) is 2.73. The molecule has 0 bridgehead atoms. The predicted molar refractivity (Wildman–Crippen MR) is 75.5 cm³/mol. The molecule has 0 aromatic heterocycles. The van der Waals surface area contributed by atoms with Crippen molar-refractivity contribution in [2.24, 2.45) is 0 Å². The Kier molecular flexibility index (Phi) is 3.45. The Morgan fingerprint density at radius 2 is 2.10 bits per heavy atom. The molecule has 2 aromatic rings. The van der Waals surface area contributed by atoms with Gasteiger partial charge in [-0.3, -0.25) is 0 Å². The Hall–Kier alpha value is -1.87. The molecule has 0 saturated carbocycles. The predicted octanol–water partition coefficient (Wildman–Crippen LogP) is 3.21. The van der Waals surface area contributed by atoms with Crippen molar-refractivity contribution < 1.29 is 14.2 Å². The lowest BCUT2D eigenvalue weighted by Crippen LogP contribution is -2.22. The highest BCUT2D eigenvalue weighted by molar-refractivity contribution is 5.40. The molecular weight excluding hydrogens is 255 g/mol. The number of halogens is 1. The van der Waals surface area contributed by atoms with Gasteiger partial charge in [0.1, 0.15) is 11.6 Å². The highest BCUT2D eigenvalue weighted by atomic mass is 19.1. The average molecular weight is 272 g/mol. The maximum atomic E-state index is 13.3. The quantitative estimate of drug-likeness (QED) is 0.929. The van der Waals surface area contributed by atoms with Crippen molar-refractivity contribution in [3.63, 3.8) is 0 Å². The van der Waals surface area contributed by atoms with Crippen LogP contribution in [0.15, 0.2) is 42.5 Å². The lowest BCUT2D eigenvalue weighted by atomic mass is 9.90. The summed E-state index contributed by atoms with van der Waals surface area (Å²) in [6.45, 7) is 2.41. The van der Waals surface area contributed by atoms with E-state index in [0.29, 0.717) is 13.0 Å². The van der Waals surface area contributed by atoms with Crippen molar-refractivity contribution in [3.8, 4) is 5.75 Å². The molecule has 0 aliphatic carbocycles. The minimum absolute atomic E-state index is 0.0473. The Morgan fingerprint density at radius 1 is 1.30 bits per heavy atom. The van der Waals surface area contributed by atoms with Gasteiger partial charge >= 0.3 is 0 Å². The van der Waals surface area contributed by atoms with Crippen molar-refractivity contribution in [2.45, 2.75) is 25.4 Å². The second-order valence-electron chi connectivity index (χ2n) is 5.30. The molecule has 2 nitrogen and oxygen atoms in total. The van der Waals surface area contributed by atoms with Gasteiger partial charge in [-0.2, -0.15) is 0 Å². The van der Waals surface area contributed by atoms with Gasteiger partial charge < -0.3 is 9.84 Å². The molecule has 1 N–H and O–H groups in total. The van der Waals surface area contributed by atoms with Gasteiger partial charge in [-0.1, -0.05) is 24.3 Å². The third-order valence-electron chi connectivity index (χ3n) is 3.94. The molecule has 20 heavy (non-hydrogen) atoms. The lowest BCUT2D eigenvalue weighted by Gasteiger charge is -2.18. The average Bonchev–Trinajstić information content (AvgIpc) is 2.87. The topological polar surface area (TPSA) is 29.5 Å². The van der Waals surface area contributed by atoms with Crippen molar-refractivity contribution in [3.05, 3.63) is 65.0 Å². The minimum Gasteiger partial charge on any atom is -0.493 e. The zero-order valence-electron chi connectivity index (χ0n) is 11.3. The number of aryl methyl sites for hydroxylation is 1. The summed E-state index contributed by atoms with van der Waals surface area (Å²) in [5.41, 5.74) is 2.88. The van der Waals surface area contributed by atoms with Crippen LogP contribution in [0.3, 0.4) is 0 Å². The number of ether oxygens (including phenoxy) is 1. The van der Waals surface area contributed by atoms with Crippen molar-refractivity contribution in [1.82, 2.24) is 0 Å². The number of aliphatic hydroxyl groups is 1. The molecule has 1 aliphatic heterocycles. The van der Waals surface area contributed by atoms with Gasteiger partial charge in [0.05, 0.1) is 12.7 Å². The number of para-hydroxylation sites is 1. The molecule has 1 aliphatic rings. The number of hydrogen-bond acceptors (Lipinski definition) is 2. The van der Waals surface area contributed by atoms with Gasteiger partial charge in [-0.25, -0.2) is 4.39 Å². The van der Waals surface area contributed by atoms with E-state index in [-0.39, 0.29) is 11.7 Å². The second kappa shape index (κ2) is 5.25. The first-order valence-electron chi connectivity index (χ1n) is 6.80. The zero-order valence-corrected chi connectivity index (χ0v) is 11.3. The SMILES string of the molecule is Cc1ccc(F)cc1CC(O)C1COc2ccccc21. The van der Waals surface area contributed by atoms with Crippen molar-refractivity contribution >= 4 is 0 Å². The smallest absolute Gasteiger partial charge is 0.123 e. The second-order valence-corrected chi connectivity index (χ2v) is 5.30. The van der Waals surface area contributed by atoms with E-state index in [1.165, 1.54) is 12.1 Å². The molecule has 3 heteroatoms. The number of benzene rings is 2. The summed E-state index contributed by atoms with van der Waals surface area (Å²) in [5, 5.41) is 10.5. The number of hydrogen-bond donors (Lipinski definition) is 1. The van der Waals surface area contributed by atoms with E-state index in [9.17, 15) is 9.50 Å². The van der Waals surface area contributed by atoms with Gasteiger partial charge in [-0.05, 0) is 42.7 Å². The van der Waals surface area contributed by atoms with E-state index in [1.54, 1.807) is 6.07 Å². The Bertz CT molecular complexity index is 624. The molecule has 0 spiro atoms. The lowest BCUT2D eigenvalue weighted by molar-refractivity contribution is 0.129. The summed E-state index contributed by atoms with van der Waals surface area (Å²) in [6.07, 6.45) is -0.134. The van der Waals surface area contributed by atoms with Crippen LogP contribution in [0, 0.1) is 12.7 Å². The minimum atomic E-state index is -0.570. The standard InChI is InChI=1S/C17H17FO2/c1-11-6-7-13(18)8-12(11)9-16(19)15-10-20-17-5-3-2-4-14(15)17/h2-8,15-16,19H,9-10H2,1H3. The Labute approximate surface area is 117 Å². The van der Waals surface area contributed by atoms with E-state index in [1.807, 2.05) is 31.2 Å². The fourth-order valence-corrected chi connectivity index (χ4v) is 2.73. The van der Waals surface area contributed by atoms with Crippen LogP contribution in [0.4, 0.5) is 4.39 Å². The first-order chi connectivity index (χ1) is 9.65. The van der Waals surface area contributed by atoms with Crippen LogP contribution in [-0.2, 0) is 6.42 Å². The van der Waals surface area contributed by atoms with Crippen LogP contribution in [0.1, 0.15) is 22.6 Å². The van der Waals surface area contributed by atoms with Gasteiger partial charge in [0.15, 0.2) is 0 Å². The van der Waals surface area contributed by atoms with Crippen LogP contribution >= 0.6 is 0 Å². The molecule has 0 radical (unpaired) electrons. The molecule has 0 saturated heterocycles. The number of aliphatic hydroxyl groups excluding tert-OH is 1. The van der Waals surface area contributed by atoms with Crippen LogP contribution in [0.25, 0.3) is 0 Å². The normalized spacial score (nSPS) is 18.4. The first-order valence-corrected chi connectivity index (χ1v) is 6.80. The summed E-state index contributed by atoms with van der Waals surface area (Å²) >= 11 is 0. The third kappa shape index (κ3) is 2.41. The van der Waals surface area contributed by atoms with Crippen molar-refractivity contribution in [1.29, 1.82) is 0 Å². The molecular formula is C17H17FO2. The van der Waals surface area contributed by atoms with Crippen LogP contribution in [0.5, 0.6) is 5.75 Å². The first kappa shape index (κ1) is 13.1. The Morgan fingerprint density at radius 3 is 2.95 bits per heavy atom. The summed E-state index contributed by atoms with van der Waals surface area (Å²) in [6, 6.07) is 12.4. The van der Waals surface area contributed by atoms with Crippen LogP contribution in [-0.4, -0.2) is 17.8 Å². The zero-order chi connectivity index (χ0) is 14.1. The van der Waals surface area contributed by atoms with Gasteiger partial charge in [-0.15, -0.1) is 0 Å². The molecule has 104 valence electrons. The molecule has 0 amide bonds. The molecule has 2 aromatic carbocycles. The summed E-state index contributed by atoms with van der Waals surface area (Å²) in [5.74, 6) is 0.530. The summed E-state index contributed by atoms with van der Waals surface area (Å²) in [4.78, 5) is 0. The van der Waals surface area contributed by atoms with Gasteiger partial charge in [0, 0.05) is 11.5 Å². The maximum absolute atomic E-state index is 13.3. The highest BCUT2D eigenvalue weighted by Gasteiger charge is 2.30. The molecule has 0 fully saturated rings. The summed E-state index contributed by atoms with van der Waals surface area (Å²) in [7, 11) is 0. The van der Waals surface area contributed by atoms with E-state index < -0.39 is 6.10 Å². The van der Waals surface area contributed by atoms with Gasteiger partial charge in [0.2, 0.25) is 0 Å². The van der Waals surface area contributed by atoms with Crippen LogP contribution in [0.2, 0.25) is 0 Å². The third-order valence-corrected chi connectivity index (χ3v) is 3.94. The number of rotatable bonds is 3. The van der Waals surface area contributed by atoms with Crippen LogP contribution < -0.4 is 4.74 Å². The highest BCUT2D eigenvalue weighted by Crippen LogP contribution is 2.36. The summed E-state index contributed by atoms with van der Waals surface area (Å²) < 4.78 is 18.9. The largest absolute Gasteiger partial charge is 0.493 e. The number of fused-ring (bicyclic) bond motifs is 1. The maximum Gasteiger partial charge on any atom is 0.123 e. The fraction of sp³-hybridized carbons (Fsp3) is 0.294. The molecule has 2 unspecified atom stereocenters. The van der Waals surface area contributed by atoms with E-state index in [2.05, 4.69) is 0 Å². The van der Waals surface area contributed by atoms with Gasteiger partial charge in [0.25, 0.3) is 0 Å². The molecule has 3 rings (SSSR count). The van der Waals surface area contributed by atoms with E-state index in [0.717, 1.165) is 22.4 Å². The Balaban J connectivity index is 1.81. The molecule has 2 atom stereocenters. The van der Waals surface area contributed by atoms with E-state index >= 15 is 0 Å². The molecule has 1 heterocycles. The van der Waals surface area contributed by atoms with Crippen molar-refractivity contribution in [2.75, 3.05) is 6.61 Å².